The Hall–Kier alpha value is -2.86. The highest BCUT2D eigenvalue weighted by Gasteiger charge is 2.19. The molecule has 3 rings (SSSR count). The van der Waals surface area contributed by atoms with Gasteiger partial charge >= 0.3 is 0 Å². The van der Waals surface area contributed by atoms with Gasteiger partial charge in [-0.1, -0.05) is 42.5 Å². The van der Waals surface area contributed by atoms with Crippen molar-refractivity contribution in [1.29, 1.82) is 0 Å². The van der Waals surface area contributed by atoms with Crippen LogP contribution in [0.2, 0.25) is 0 Å². The molecule has 0 aliphatic rings. The second kappa shape index (κ2) is 8.22. The van der Waals surface area contributed by atoms with E-state index in [1.165, 1.54) is 29.3 Å². The molecule has 0 fully saturated rings. The van der Waals surface area contributed by atoms with Crippen LogP contribution in [-0.2, 0) is 4.79 Å². The average Bonchev–Trinajstić information content (AvgIpc) is 2.70. The zero-order valence-corrected chi connectivity index (χ0v) is 16.0. The number of carbonyl (C=O) groups excluding carboxylic acids is 1. The molecule has 3 aromatic carbocycles. The van der Waals surface area contributed by atoms with Crippen molar-refractivity contribution in [3.05, 3.63) is 82.4 Å². The zero-order valence-electron chi connectivity index (χ0n) is 15.2. The van der Waals surface area contributed by atoms with Gasteiger partial charge in [-0.2, -0.15) is 0 Å². The first-order chi connectivity index (χ1) is 13.0. The third-order valence-corrected chi connectivity index (χ3v) is 5.60. The van der Waals surface area contributed by atoms with Crippen LogP contribution in [0.25, 0.3) is 10.8 Å². The molecule has 0 bridgehead atoms. The van der Waals surface area contributed by atoms with Gasteiger partial charge in [0, 0.05) is 24.1 Å². The zero-order chi connectivity index (χ0) is 19.4. The summed E-state index contributed by atoms with van der Waals surface area (Å²) in [6, 6.07) is 20.4. The van der Waals surface area contributed by atoms with Crippen LogP contribution in [0.5, 0.6) is 0 Å². The Bertz CT molecular complexity index is 990. The molecule has 0 radical (unpaired) electrons. The van der Waals surface area contributed by atoms with E-state index in [2.05, 4.69) is 24.3 Å². The first-order valence-electron chi connectivity index (χ1n) is 8.57. The van der Waals surface area contributed by atoms with Crippen LogP contribution in [0, 0.1) is 10.1 Å². The molecule has 3 aromatic rings. The molecule has 0 N–H and O–H groups in total. The summed E-state index contributed by atoms with van der Waals surface area (Å²) in [6.45, 7) is 1.87. The highest BCUT2D eigenvalue weighted by molar-refractivity contribution is 8.00. The Morgan fingerprint density at radius 2 is 1.81 bits per heavy atom. The van der Waals surface area contributed by atoms with Gasteiger partial charge in [0.05, 0.1) is 16.7 Å². The maximum atomic E-state index is 12.6. The van der Waals surface area contributed by atoms with Crippen LogP contribution in [0.4, 0.5) is 5.69 Å². The molecule has 1 amide bonds. The Balaban J connectivity index is 1.65. The van der Waals surface area contributed by atoms with Crippen LogP contribution in [0.1, 0.15) is 18.5 Å². The summed E-state index contributed by atoms with van der Waals surface area (Å²) in [6.07, 6.45) is 0. The smallest absolute Gasteiger partial charge is 0.269 e. The van der Waals surface area contributed by atoms with E-state index in [1.807, 2.05) is 25.1 Å². The average molecular weight is 380 g/mol. The Morgan fingerprint density at radius 1 is 1.07 bits per heavy atom. The maximum absolute atomic E-state index is 12.6. The van der Waals surface area contributed by atoms with E-state index in [-0.39, 0.29) is 17.6 Å². The van der Waals surface area contributed by atoms with Crippen molar-refractivity contribution in [3.8, 4) is 0 Å². The second-order valence-electron chi connectivity index (χ2n) is 6.33. The molecule has 0 heterocycles. The van der Waals surface area contributed by atoms with Crippen LogP contribution < -0.4 is 0 Å². The predicted octanol–water partition coefficient (Wildman–Crippen LogP) is 5.06. The normalized spacial score (nSPS) is 11.9. The molecule has 0 aromatic heterocycles. The first kappa shape index (κ1) is 18.9. The molecule has 0 spiro atoms. The summed E-state index contributed by atoms with van der Waals surface area (Å²) in [5.41, 5.74) is 0.779. The lowest BCUT2D eigenvalue weighted by Crippen LogP contribution is -2.31. The van der Waals surface area contributed by atoms with Gasteiger partial charge in [-0.05, 0) is 35.4 Å². The van der Waals surface area contributed by atoms with Crippen molar-refractivity contribution in [2.75, 3.05) is 12.8 Å². The fraction of sp³-hybridized carbons (Fsp3) is 0.190. The maximum Gasteiger partial charge on any atom is 0.269 e. The monoisotopic (exact) mass is 380 g/mol. The topological polar surface area (TPSA) is 63.5 Å². The van der Waals surface area contributed by atoms with Gasteiger partial charge in [0.2, 0.25) is 5.91 Å². The molecule has 0 saturated carbocycles. The third kappa shape index (κ3) is 4.46. The van der Waals surface area contributed by atoms with Crippen LogP contribution in [0.15, 0.2) is 71.6 Å². The number of hydrogen-bond donors (Lipinski definition) is 0. The number of hydrogen-bond acceptors (Lipinski definition) is 4. The van der Waals surface area contributed by atoms with E-state index < -0.39 is 4.92 Å². The van der Waals surface area contributed by atoms with Crippen LogP contribution in [-0.4, -0.2) is 28.5 Å². The molecule has 27 heavy (non-hydrogen) atoms. The summed E-state index contributed by atoms with van der Waals surface area (Å²) < 4.78 is 0. The second-order valence-corrected chi connectivity index (χ2v) is 7.38. The summed E-state index contributed by atoms with van der Waals surface area (Å²) >= 11 is 1.49. The number of non-ortho nitro benzene ring substituents is 1. The van der Waals surface area contributed by atoms with E-state index in [1.54, 1.807) is 24.1 Å². The van der Waals surface area contributed by atoms with Gasteiger partial charge in [-0.3, -0.25) is 14.9 Å². The number of fused-ring (bicyclic) bond motifs is 1. The van der Waals surface area contributed by atoms with Crippen LogP contribution in [0.3, 0.4) is 0 Å². The molecule has 0 unspecified atom stereocenters. The Morgan fingerprint density at radius 3 is 2.56 bits per heavy atom. The van der Waals surface area contributed by atoms with Crippen molar-refractivity contribution < 1.29 is 9.72 Å². The summed E-state index contributed by atoms with van der Waals surface area (Å²) in [4.78, 5) is 25.8. The number of nitro benzene ring substituents is 1. The fourth-order valence-corrected chi connectivity index (χ4v) is 3.71. The molecular formula is C21H20N2O3S. The number of amides is 1. The van der Waals surface area contributed by atoms with E-state index in [4.69, 9.17) is 0 Å². The number of carbonyl (C=O) groups is 1. The fourth-order valence-electron chi connectivity index (χ4n) is 2.84. The predicted molar refractivity (Wildman–Crippen MR) is 109 cm³/mol. The molecule has 0 aliphatic carbocycles. The van der Waals surface area contributed by atoms with Crippen LogP contribution >= 0.6 is 11.8 Å². The van der Waals surface area contributed by atoms with Gasteiger partial charge in [-0.25, -0.2) is 0 Å². The number of thioether (sulfide) groups is 1. The lowest BCUT2D eigenvalue weighted by atomic mass is 10.1. The summed E-state index contributed by atoms with van der Waals surface area (Å²) in [5, 5.41) is 13.3. The van der Waals surface area contributed by atoms with E-state index in [9.17, 15) is 14.9 Å². The third-order valence-electron chi connectivity index (χ3n) is 4.62. The highest BCUT2D eigenvalue weighted by Crippen LogP contribution is 2.26. The number of nitro groups is 1. The van der Waals surface area contributed by atoms with Crippen molar-refractivity contribution >= 4 is 34.1 Å². The Labute approximate surface area is 162 Å². The van der Waals surface area contributed by atoms with E-state index in [0.717, 1.165) is 15.8 Å². The molecule has 138 valence electrons. The Kier molecular flexibility index (Phi) is 5.76. The minimum atomic E-state index is -0.423. The number of rotatable bonds is 6. The summed E-state index contributed by atoms with van der Waals surface area (Å²) in [5.74, 6) is 0.292. The molecule has 1 atom stereocenters. The standard InChI is InChI=1S/C21H20N2O3S/c1-15(17-8-5-9-19(12-17)23(25)26)22(2)21(24)14-27-20-11-10-16-6-3-4-7-18(16)13-20/h3-13,15H,14H2,1-2H3/t15-/m1/s1. The van der Waals surface area contributed by atoms with E-state index >= 15 is 0 Å². The van der Waals surface area contributed by atoms with Gasteiger partial charge in [0.1, 0.15) is 0 Å². The minimum absolute atomic E-state index is 0.0211. The van der Waals surface area contributed by atoms with Gasteiger partial charge < -0.3 is 4.90 Å². The van der Waals surface area contributed by atoms with Gasteiger partial charge in [-0.15, -0.1) is 11.8 Å². The lowest BCUT2D eigenvalue weighted by molar-refractivity contribution is -0.384. The minimum Gasteiger partial charge on any atom is -0.338 e. The quantitative estimate of drug-likeness (QED) is 0.341. The van der Waals surface area contributed by atoms with Gasteiger partial charge in [0.15, 0.2) is 0 Å². The number of nitrogens with zero attached hydrogens (tertiary/aromatic N) is 2. The molecule has 5 nitrogen and oxygen atoms in total. The SMILES string of the molecule is C[C@H](c1cccc([N+](=O)[O-])c1)N(C)C(=O)CSc1ccc2ccccc2c1. The lowest BCUT2D eigenvalue weighted by Gasteiger charge is -2.25. The highest BCUT2D eigenvalue weighted by atomic mass is 32.2. The van der Waals surface area contributed by atoms with Gasteiger partial charge in [0.25, 0.3) is 5.69 Å². The first-order valence-corrected chi connectivity index (χ1v) is 9.56. The number of benzene rings is 3. The van der Waals surface area contributed by atoms with Crippen molar-refractivity contribution in [2.45, 2.75) is 17.9 Å². The summed E-state index contributed by atoms with van der Waals surface area (Å²) in [7, 11) is 1.73. The van der Waals surface area contributed by atoms with Crippen molar-refractivity contribution in [3.63, 3.8) is 0 Å². The largest absolute Gasteiger partial charge is 0.338 e. The van der Waals surface area contributed by atoms with Crippen molar-refractivity contribution in [1.82, 2.24) is 4.90 Å². The molecular weight excluding hydrogens is 360 g/mol. The van der Waals surface area contributed by atoms with Crippen molar-refractivity contribution in [2.24, 2.45) is 0 Å². The molecule has 0 aliphatic heterocycles. The van der Waals surface area contributed by atoms with E-state index in [0.29, 0.717) is 5.75 Å². The molecule has 6 heteroatoms. The molecule has 0 saturated heterocycles.